The van der Waals surface area contributed by atoms with Crippen LogP contribution in [-0.2, 0) is 0 Å². The summed E-state index contributed by atoms with van der Waals surface area (Å²) in [7, 11) is 0. The number of aryl methyl sites for hydroxylation is 1. The van der Waals surface area contributed by atoms with Crippen LogP contribution in [-0.4, -0.2) is 10.9 Å². The summed E-state index contributed by atoms with van der Waals surface area (Å²) < 4.78 is 1.03. The highest BCUT2D eigenvalue weighted by molar-refractivity contribution is 9.10. The van der Waals surface area contributed by atoms with Gasteiger partial charge < -0.3 is 10.6 Å². The van der Waals surface area contributed by atoms with Crippen LogP contribution in [0.5, 0.6) is 0 Å². The molecule has 0 spiro atoms. The smallest absolute Gasteiger partial charge is 0.274 e. The lowest BCUT2D eigenvalue weighted by atomic mass is 10.2. The number of nitrogens with zero attached hydrogens (tertiary/aromatic N) is 1. The van der Waals surface area contributed by atoms with Crippen molar-refractivity contribution in [2.45, 2.75) is 6.92 Å². The average molecular weight is 382 g/mol. The SMILES string of the molecule is Cc1ccc(Nc2ccnc(C(=O)Nc3ccccc3)c2)cc1Br. The number of rotatable bonds is 4. The monoisotopic (exact) mass is 381 g/mol. The zero-order valence-electron chi connectivity index (χ0n) is 13.1. The van der Waals surface area contributed by atoms with E-state index in [1.54, 1.807) is 12.3 Å². The Hall–Kier alpha value is -2.66. The normalized spacial score (nSPS) is 10.2. The molecule has 1 amide bonds. The predicted molar refractivity (Wildman–Crippen MR) is 101 cm³/mol. The van der Waals surface area contributed by atoms with Gasteiger partial charge in [0.2, 0.25) is 0 Å². The van der Waals surface area contributed by atoms with E-state index in [1.807, 2.05) is 61.5 Å². The van der Waals surface area contributed by atoms with Crippen LogP contribution in [0.2, 0.25) is 0 Å². The molecule has 2 N–H and O–H groups in total. The second-order valence-electron chi connectivity index (χ2n) is 5.34. The minimum absolute atomic E-state index is 0.241. The highest BCUT2D eigenvalue weighted by Crippen LogP contribution is 2.23. The maximum Gasteiger partial charge on any atom is 0.274 e. The number of carbonyl (C=O) groups is 1. The fourth-order valence-corrected chi connectivity index (χ4v) is 2.57. The molecule has 5 heteroatoms. The van der Waals surface area contributed by atoms with E-state index in [0.29, 0.717) is 5.69 Å². The minimum Gasteiger partial charge on any atom is -0.355 e. The van der Waals surface area contributed by atoms with Crippen LogP contribution >= 0.6 is 15.9 Å². The summed E-state index contributed by atoms with van der Waals surface area (Å²) in [6.07, 6.45) is 1.62. The van der Waals surface area contributed by atoms with Crippen molar-refractivity contribution in [1.29, 1.82) is 0 Å². The summed E-state index contributed by atoms with van der Waals surface area (Å²) in [5, 5.41) is 6.11. The number of pyridine rings is 1. The van der Waals surface area contributed by atoms with Crippen molar-refractivity contribution in [2.75, 3.05) is 10.6 Å². The van der Waals surface area contributed by atoms with E-state index in [2.05, 4.69) is 31.5 Å². The molecule has 0 fully saturated rings. The molecule has 3 aromatic rings. The van der Waals surface area contributed by atoms with Gasteiger partial charge in [-0.25, -0.2) is 0 Å². The quantitative estimate of drug-likeness (QED) is 0.656. The molecule has 2 aromatic carbocycles. The van der Waals surface area contributed by atoms with Crippen molar-refractivity contribution in [3.63, 3.8) is 0 Å². The number of halogens is 1. The maximum absolute atomic E-state index is 12.3. The first-order valence-electron chi connectivity index (χ1n) is 7.47. The van der Waals surface area contributed by atoms with Crippen LogP contribution in [0.1, 0.15) is 16.1 Å². The molecule has 24 heavy (non-hydrogen) atoms. The maximum atomic E-state index is 12.3. The second-order valence-corrected chi connectivity index (χ2v) is 6.19. The zero-order valence-corrected chi connectivity index (χ0v) is 14.7. The molecular formula is C19H16BrN3O. The van der Waals surface area contributed by atoms with Crippen LogP contribution in [0.4, 0.5) is 17.1 Å². The zero-order chi connectivity index (χ0) is 16.9. The number of hydrogen-bond donors (Lipinski definition) is 2. The Balaban J connectivity index is 1.76. The molecule has 3 rings (SSSR count). The highest BCUT2D eigenvalue weighted by Gasteiger charge is 2.08. The molecule has 0 aliphatic heterocycles. The Morgan fingerprint density at radius 3 is 2.46 bits per heavy atom. The molecule has 1 heterocycles. The second kappa shape index (κ2) is 7.27. The van der Waals surface area contributed by atoms with E-state index < -0.39 is 0 Å². The van der Waals surface area contributed by atoms with Gasteiger partial charge in [0.1, 0.15) is 5.69 Å². The summed E-state index contributed by atoms with van der Waals surface area (Å²) in [5.41, 5.74) is 4.01. The van der Waals surface area contributed by atoms with Crippen molar-refractivity contribution < 1.29 is 4.79 Å². The molecular weight excluding hydrogens is 366 g/mol. The first-order chi connectivity index (χ1) is 11.6. The molecule has 0 saturated carbocycles. The molecule has 0 unspecified atom stereocenters. The number of para-hydroxylation sites is 1. The van der Waals surface area contributed by atoms with Crippen LogP contribution in [0, 0.1) is 6.92 Å². The first kappa shape index (κ1) is 16.2. The van der Waals surface area contributed by atoms with Gasteiger partial charge in [0.25, 0.3) is 5.91 Å². The van der Waals surface area contributed by atoms with E-state index in [1.165, 1.54) is 5.56 Å². The Morgan fingerprint density at radius 2 is 1.71 bits per heavy atom. The predicted octanol–water partition coefficient (Wildman–Crippen LogP) is 5.15. The number of amides is 1. The molecule has 0 atom stereocenters. The molecule has 0 saturated heterocycles. The summed E-state index contributed by atoms with van der Waals surface area (Å²) >= 11 is 3.52. The lowest BCUT2D eigenvalue weighted by Gasteiger charge is -2.10. The number of nitrogens with one attached hydrogen (secondary N) is 2. The minimum atomic E-state index is -0.241. The van der Waals surface area contributed by atoms with Crippen molar-refractivity contribution >= 4 is 38.9 Å². The van der Waals surface area contributed by atoms with Gasteiger partial charge in [-0.05, 0) is 48.9 Å². The van der Waals surface area contributed by atoms with Crippen LogP contribution in [0.3, 0.4) is 0 Å². The highest BCUT2D eigenvalue weighted by atomic mass is 79.9. The Labute approximate surface area is 149 Å². The lowest BCUT2D eigenvalue weighted by molar-refractivity contribution is 0.102. The van der Waals surface area contributed by atoms with Gasteiger partial charge in [-0.15, -0.1) is 0 Å². The van der Waals surface area contributed by atoms with Crippen LogP contribution in [0.15, 0.2) is 71.3 Å². The summed E-state index contributed by atoms with van der Waals surface area (Å²) in [5.74, 6) is -0.241. The van der Waals surface area contributed by atoms with E-state index in [0.717, 1.165) is 21.5 Å². The van der Waals surface area contributed by atoms with Gasteiger partial charge in [-0.3, -0.25) is 9.78 Å². The average Bonchev–Trinajstić information content (AvgIpc) is 2.59. The largest absolute Gasteiger partial charge is 0.355 e. The fourth-order valence-electron chi connectivity index (χ4n) is 2.19. The van der Waals surface area contributed by atoms with E-state index >= 15 is 0 Å². The van der Waals surface area contributed by atoms with Gasteiger partial charge in [0.05, 0.1) is 0 Å². The fraction of sp³-hybridized carbons (Fsp3) is 0.0526. The topological polar surface area (TPSA) is 54.0 Å². The Morgan fingerprint density at radius 1 is 0.958 bits per heavy atom. The molecule has 0 aliphatic carbocycles. The summed E-state index contributed by atoms with van der Waals surface area (Å²) in [4.78, 5) is 16.5. The standard InChI is InChI=1S/C19H16BrN3O/c1-13-7-8-15(11-17(13)20)22-16-9-10-21-18(12-16)19(24)23-14-5-3-2-4-6-14/h2-12H,1H3,(H,21,22)(H,23,24). The number of carbonyl (C=O) groups excluding carboxylic acids is 1. The van der Waals surface area contributed by atoms with Gasteiger partial charge in [0, 0.05) is 27.7 Å². The van der Waals surface area contributed by atoms with Crippen molar-refractivity contribution in [3.05, 3.63) is 82.6 Å². The third kappa shape index (κ3) is 4.00. The molecule has 1 aromatic heterocycles. The summed E-state index contributed by atoms with van der Waals surface area (Å²) in [6.45, 7) is 2.03. The van der Waals surface area contributed by atoms with Crippen LogP contribution in [0.25, 0.3) is 0 Å². The van der Waals surface area contributed by atoms with Crippen LogP contribution < -0.4 is 10.6 Å². The lowest BCUT2D eigenvalue weighted by Crippen LogP contribution is -2.13. The first-order valence-corrected chi connectivity index (χ1v) is 8.27. The number of anilines is 3. The Bertz CT molecular complexity index is 865. The van der Waals surface area contributed by atoms with Crippen molar-refractivity contribution in [1.82, 2.24) is 4.98 Å². The molecule has 120 valence electrons. The van der Waals surface area contributed by atoms with E-state index in [4.69, 9.17) is 0 Å². The number of hydrogen-bond acceptors (Lipinski definition) is 3. The van der Waals surface area contributed by atoms with E-state index in [-0.39, 0.29) is 5.91 Å². The Kier molecular flexibility index (Phi) is 4.91. The van der Waals surface area contributed by atoms with E-state index in [9.17, 15) is 4.79 Å². The molecule has 0 aliphatic rings. The van der Waals surface area contributed by atoms with Gasteiger partial charge >= 0.3 is 0 Å². The summed E-state index contributed by atoms with van der Waals surface area (Å²) in [6, 6.07) is 18.9. The van der Waals surface area contributed by atoms with Gasteiger partial charge in [0.15, 0.2) is 0 Å². The number of benzene rings is 2. The van der Waals surface area contributed by atoms with Gasteiger partial charge in [-0.2, -0.15) is 0 Å². The van der Waals surface area contributed by atoms with Crippen molar-refractivity contribution in [2.24, 2.45) is 0 Å². The molecule has 0 radical (unpaired) electrons. The molecule has 4 nitrogen and oxygen atoms in total. The third-order valence-electron chi connectivity index (χ3n) is 3.48. The molecule has 0 bridgehead atoms. The number of aromatic nitrogens is 1. The van der Waals surface area contributed by atoms with Crippen molar-refractivity contribution in [3.8, 4) is 0 Å². The third-order valence-corrected chi connectivity index (χ3v) is 4.34. The van der Waals surface area contributed by atoms with Gasteiger partial charge in [-0.1, -0.05) is 40.2 Å².